The van der Waals surface area contributed by atoms with Crippen molar-refractivity contribution in [1.29, 1.82) is 0 Å². The normalized spacial score (nSPS) is 13.0. The Morgan fingerprint density at radius 2 is 1.61 bits per heavy atom. The van der Waals surface area contributed by atoms with Crippen molar-refractivity contribution in [3.05, 3.63) is 71.8 Å². The molecule has 1 atom stereocenters. The molecule has 0 N–H and O–H groups in total. The van der Waals surface area contributed by atoms with Crippen LogP contribution in [-0.2, 0) is 16.0 Å². The molecule has 0 fully saturated rings. The van der Waals surface area contributed by atoms with Crippen molar-refractivity contribution >= 4 is 12.2 Å². The molecule has 3 nitrogen and oxygen atoms in total. The topological polar surface area (TPSA) is 38.7 Å². The van der Waals surface area contributed by atoms with Crippen LogP contribution in [0.25, 0.3) is 0 Å². The van der Waals surface area contributed by atoms with Crippen molar-refractivity contribution < 1.29 is 9.53 Å². The molecule has 0 unspecified atom stereocenters. The van der Waals surface area contributed by atoms with Crippen molar-refractivity contribution in [2.45, 2.75) is 38.8 Å². The van der Waals surface area contributed by atoms with Gasteiger partial charge < -0.3 is 4.74 Å². The molecule has 2 aromatic rings. The van der Waals surface area contributed by atoms with Crippen molar-refractivity contribution in [2.24, 2.45) is 4.99 Å². The highest BCUT2D eigenvalue weighted by Crippen LogP contribution is 2.13. The number of carbonyl (C=O) groups excluding carboxylic acids is 1. The predicted molar refractivity (Wildman–Crippen MR) is 93.8 cm³/mol. The molecule has 0 aliphatic rings. The maximum Gasteiger partial charge on any atom is 0.331 e. The Hall–Kier alpha value is -2.42. The van der Waals surface area contributed by atoms with Crippen molar-refractivity contribution in [3.8, 4) is 0 Å². The second-order valence-corrected chi connectivity index (χ2v) is 6.43. The van der Waals surface area contributed by atoms with Gasteiger partial charge in [0.05, 0.1) is 0 Å². The third kappa shape index (κ3) is 6.07. The number of benzene rings is 2. The van der Waals surface area contributed by atoms with Crippen molar-refractivity contribution in [3.63, 3.8) is 0 Å². The molecule has 0 saturated heterocycles. The summed E-state index contributed by atoms with van der Waals surface area (Å²) in [4.78, 5) is 16.9. The van der Waals surface area contributed by atoms with E-state index in [4.69, 9.17) is 4.74 Å². The van der Waals surface area contributed by atoms with Gasteiger partial charge in [0.2, 0.25) is 0 Å². The minimum absolute atomic E-state index is 0.298. The second kappa shape index (κ2) is 7.73. The summed E-state index contributed by atoms with van der Waals surface area (Å²) in [6.45, 7) is 5.60. The summed E-state index contributed by atoms with van der Waals surface area (Å²) in [5, 5.41) is 0. The summed E-state index contributed by atoms with van der Waals surface area (Å²) in [6, 6.07) is 19.1. The Morgan fingerprint density at radius 1 is 1.04 bits per heavy atom. The number of nitrogens with zero attached hydrogens (tertiary/aromatic N) is 1. The zero-order chi connectivity index (χ0) is 16.7. The zero-order valence-electron chi connectivity index (χ0n) is 13.9. The van der Waals surface area contributed by atoms with Gasteiger partial charge in [-0.25, -0.2) is 4.79 Å². The van der Waals surface area contributed by atoms with Crippen molar-refractivity contribution in [1.82, 2.24) is 0 Å². The first-order valence-corrected chi connectivity index (χ1v) is 7.79. The second-order valence-electron chi connectivity index (χ2n) is 6.43. The minimum atomic E-state index is -0.545. The standard InChI is InChI=1S/C20H23NO2/c1-20(2,3)23-19(22)18(14-16-10-6-4-7-11-16)21-15-17-12-8-5-9-13-17/h4-13,15,18H,14H2,1-3H3/t18-/m0/s1. The summed E-state index contributed by atoms with van der Waals surface area (Å²) >= 11 is 0. The lowest BCUT2D eigenvalue weighted by atomic mass is 10.1. The van der Waals surface area contributed by atoms with Gasteiger partial charge in [-0.2, -0.15) is 0 Å². The van der Waals surface area contributed by atoms with E-state index in [1.54, 1.807) is 6.21 Å². The molecule has 0 amide bonds. The molecule has 2 rings (SSSR count). The fraction of sp³-hybridized carbons (Fsp3) is 0.300. The first-order chi connectivity index (χ1) is 10.9. The van der Waals surface area contributed by atoms with E-state index in [-0.39, 0.29) is 5.97 Å². The Labute approximate surface area is 138 Å². The van der Waals surface area contributed by atoms with Gasteiger partial charge in [0.25, 0.3) is 0 Å². The SMILES string of the molecule is CC(C)(C)OC(=O)[C@H](Cc1ccccc1)N=Cc1ccccc1. The maximum atomic E-state index is 12.4. The van der Waals surface area contributed by atoms with Crippen LogP contribution < -0.4 is 0 Å². The fourth-order valence-corrected chi connectivity index (χ4v) is 2.12. The van der Waals surface area contributed by atoms with Gasteiger partial charge in [0.1, 0.15) is 5.60 Å². The molecular weight excluding hydrogens is 286 g/mol. The molecule has 2 aromatic carbocycles. The zero-order valence-corrected chi connectivity index (χ0v) is 13.9. The van der Waals surface area contributed by atoms with Crippen LogP contribution in [0.15, 0.2) is 65.7 Å². The average molecular weight is 309 g/mol. The number of hydrogen-bond donors (Lipinski definition) is 0. The summed E-state index contributed by atoms with van der Waals surface area (Å²) in [7, 11) is 0. The van der Waals surface area contributed by atoms with Gasteiger partial charge in [-0.3, -0.25) is 4.99 Å². The summed E-state index contributed by atoms with van der Waals surface area (Å²) in [5.41, 5.74) is 1.51. The van der Waals surface area contributed by atoms with Crippen LogP contribution >= 0.6 is 0 Å². The first-order valence-electron chi connectivity index (χ1n) is 7.79. The van der Waals surface area contributed by atoms with Crippen LogP contribution in [0.3, 0.4) is 0 Å². The quantitative estimate of drug-likeness (QED) is 0.617. The molecule has 0 saturated carbocycles. The fourth-order valence-electron chi connectivity index (χ4n) is 2.12. The van der Waals surface area contributed by atoms with Gasteiger partial charge in [-0.05, 0) is 31.9 Å². The van der Waals surface area contributed by atoms with E-state index < -0.39 is 11.6 Å². The number of carbonyl (C=O) groups is 1. The number of ether oxygens (including phenoxy) is 1. The van der Waals surface area contributed by atoms with Gasteiger partial charge in [0, 0.05) is 12.6 Å². The Balaban J connectivity index is 2.17. The van der Waals surface area contributed by atoms with E-state index in [0.717, 1.165) is 11.1 Å². The van der Waals surface area contributed by atoms with Crippen LogP contribution in [0.2, 0.25) is 0 Å². The molecule has 0 bridgehead atoms. The third-order valence-electron chi connectivity index (χ3n) is 3.15. The Bertz CT molecular complexity index is 642. The summed E-state index contributed by atoms with van der Waals surface area (Å²) in [6.07, 6.45) is 2.26. The van der Waals surface area contributed by atoms with Gasteiger partial charge in [-0.1, -0.05) is 60.7 Å². The van der Waals surface area contributed by atoms with E-state index in [0.29, 0.717) is 6.42 Å². The first kappa shape index (κ1) is 16.9. The molecule has 0 radical (unpaired) electrons. The molecule has 3 heteroatoms. The molecule has 0 spiro atoms. The molecule has 0 aromatic heterocycles. The highest BCUT2D eigenvalue weighted by Gasteiger charge is 2.24. The van der Waals surface area contributed by atoms with Crippen LogP contribution in [0.4, 0.5) is 0 Å². The van der Waals surface area contributed by atoms with Crippen LogP contribution in [0.1, 0.15) is 31.9 Å². The molecule has 0 heterocycles. The molecule has 23 heavy (non-hydrogen) atoms. The van der Waals surface area contributed by atoms with Crippen LogP contribution in [-0.4, -0.2) is 23.8 Å². The minimum Gasteiger partial charge on any atom is -0.458 e. The molecule has 0 aliphatic heterocycles. The summed E-state index contributed by atoms with van der Waals surface area (Å²) in [5.74, 6) is -0.298. The molecule has 0 aliphatic carbocycles. The lowest BCUT2D eigenvalue weighted by Crippen LogP contribution is -2.32. The van der Waals surface area contributed by atoms with Crippen LogP contribution in [0.5, 0.6) is 0 Å². The number of aliphatic imine (C=N–C) groups is 1. The predicted octanol–water partition coefficient (Wildman–Crippen LogP) is 4.06. The third-order valence-corrected chi connectivity index (χ3v) is 3.15. The smallest absolute Gasteiger partial charge is 0.331 e. The number of hydrogen-bond acceptors (Lipinski definition) is 3. The molecule has 120 valence electrons. The maximum absolute atomic E-state index is 12.4. The lowest BCUT2D eigenvalue weighted by molar-refractivity contribution is -0.156. The lowest BCUT2D eigenvalue weighted by Gasteiger charge is -2.22. The van der Waals surface area contributed by atoms with E-state index in [1.807, 2.05) is 81.4 Å². The highest BCUT2D eigenvalue weighted by molar-refractivity contribution is 5.84. The van der Waals surface area contributed by atoms with E-state index >= 15 is 0 Å². The van der Waals surface area contributed by atoms with Crippen LogP contribution in [0, 0.1) is 0 Å². The number of esters is 1. The number of rotatable bonds is 5. The van der Waals surface area contributed by atoms with E-state index in [1.165, 1.54) is 0 Å². The highest BCUT2D eigenvalue weighted by atomic mass is 16.6. The van der Waals surface area contributed by atoms with E-state index in [2.05, 4.69) is 4.99 Å². The largest absolute Gasteiger partial charge is 0.458 e. The summed E-state index contributed by atoms with van der Waals surface area (Å²) < 4.78 is 5.51. The monoisotopic (exact) mass is 309 g/mol. The van der Waals surface area contributed by atoms with E-state index in [9.17, 15) is 4.79 Å². The van der Waals surface area contributed by atoms with Gasteiger partial charge >= 0.3 is 5.97 Å². The average Bonchev–Trinajstić information content (AvgIpc) is 2.51. The van der Waals surface area contributed by atoms with Gasteiger partial charge in [-0.15, -0.1) is 0 Å². The van der Waals surface area contributed by atoms with Gasteiger partial charge in [0.15, 0.2) is 6.04 Å². The van der Waals surface area contributed by atoms with Crippen molar-refractivity contribution in [2.75, 3.05) is 0 Å². The Morgan fingerprint density at radius 3 is 2.17 bits per heavy atom. The molecular formula is C20H23NO2. The Kier molecular flexibility index (Phi) is 5.69.